The predicted molar refractivity (Wildman–Crippen MR) is 72.0 cm³/mol. The summed E-state index contributed by atoms with van der Waals surface area (Å²) in [4.78, 5) is 4.47. The normalized spacial score (nSPS) is 18.3. The summed E-state index contributed by atoms with van der Waals surface area (Å²) in [5.41, 5.74) is 2.12. The first-order chi connectivity index (χ1) is 9.28. The minimum atomic E-state index is 0.230. The Bertz CT molecular complexity index is 577. The van der Waals surface area contributed by atoms with Crippen LogP contribution in [0.15, 0.2) is 30.5 Å². The molecule has 1 aliphatic rings. The number of rotatable bonds is 3. The third kappa shape index (κ3) is 2.36. The summed E-state index contributed by atoms with van der Waals surface area (Å²) in [5.74, 6) is 1.61. The second-order valence-corrected chi connectivity index (χ2v) is 5.17. The maximum absolute atomic E-state index is 9.83. The van der Waals surface area contributed by atoms with Gasteiger partial charge in [0.25, 0.3) is 0 Å². The largest absolute Gasteiger partial charge is 0.508 e. The van der Waals surface area contributed by atoms with E-state index in [1.165, 1.54) is 5.69 Å². The van der Waals surface area contributed by atoms with E-state index in [4.69, 9.17) is 0 Å². The zero-order valence-corrected chi connectivity index (χ0v) is 10.8. The number of aromatic hydroxyl groups is 1. The van der Waals surface area contributed by atoms with Gasteiger partial charge in [0.15, 0.2) is 0 Å². The summed E-state index contributed by atoms with van der Waals surface area (Å²) in [6, 6.07) is 7.36. The van der Waals surface area contributed by atoms with Crippen molar-refractivity contribution in [3.63, 3.8) is 0 Å². The number of hydrogen-bond acceptors (Lipinski definition) is 3. The quantitative estimate of drug-likeness (QED) is 0.881. The molecule has 0 fully saturated rings. The lowest BCUT2D eigenvalue weighted by atomic mass is 9.99. The summed E-state index contributed by atoms with van der Waals surface area (Å²) < 4.78 is 2.19. The number of fused-ring (bicyclic) bond motifs is 1. The lowest BCUT2D eigenvalue weighted by Crippen LogP contribution is -2.24. The first kappa shape index (κ1) is 12.2. The molecule has 1 aromatic heterocycles. The molecule has 0 aliphatic carbocycles. The van der Waals surface area contributed by atoms with Gasteiger partial charge in [0.05, 0.1) is 0 Å². The highest BCUT2D eigenvalue weighted by Gasteiger charge is 2.21. The van der Waals surface area contributed by atoms with Gasteiger partial charge in [-0.2, -0.15) is 0 Å². The van der Waals surface area contributed by atoms with E-state index in [2.05, 4.69) is 9.55 Å². The molecule has 0 radical (unpaired) electrons. The second-order valence-electron chi connectivity index (χ2n) is 5.17. The average Bonchev–Trinajstić information content (AvgIpc) is 2.84. The number of aliphatic hydroxyl groups excluding tert-OH is 1. The zero-order chi connectivity index (χ0) is 13.2. The van der Waals surface area contributed by atoms with Crippen LogP contribution in [0.5, 0.6) is 5.75 Å². The average molecular weight is 258 g/mol. The molecule has 4 nitrogen and oxygen atoms in total. The predicted octanol–water partition coefficient (Wildman–Crippen LogP) is 1.73. The van der Waals surface area contributed by atoms with Crippen molar-refractivity contribution in [2.45, 2.75) is 25.8 Å². The van der Waals surface area contributed by atoms with Crippen LogP contribution in [-0.4, -0.2) is 26.4 Å². The first-order valence-corrected chi connectivity index (χ1v) is 6.69. The zero-order valence-electron chi connectivity index (χ0n) is 10.8. The van der Waals surface area contributed by atoms with Crippen molar-refractivity contribution >= 4 is 0 Å². The Balaban J connectivity index is 1.87. The minimum absolute atomic E-state index is 0.230. The van der Waals surface area contributed by atoms with E-state index in [-0.39, 0.29) is 6.61 Å². The van der Waals surface area contributed by atoms with E-state index in [0.717, 1.165) is 30.8 Å². The molecule has 0 amide bonds. The van der Waals surface area contributed by atoms with E-state index in [0.29, 0.717) is 18.1 Å². The smallest absolute Gasteiger partial charge is 0.119 e. The number of aryl methyl sites for hydroxylation is 1. The van der Waals surface area contributed by atoms with Crippen LogP contribution >= 0.6 is 0 Å². The number of imidazole rings is 1. The third-order valence-electron chi connectivity index (χ3n) is 3.87. The van der Waals surface area contributed by atoms with E-state index in [9.17, 15) is 10.2 Å². The maximum atomic E-state index is 9.83. The highest BCUT2D eigenvalue weighted by atomic mass is 16.3. The summed E-state index contributed by atoms with van der Waals surface area (Å²) in [6.45, 7) is 1.06. The molecule has 1 unspecified atom stereocenters. The molecule has 2 N–H and O–H groups in total. The van der Waals surface area contributed by atoms with Crippen LogP contribution in [0.1, 0.15) is 23.5 Å². The molecule has 0 saturated heterocycles. The fraction of sp³-hybridized carbons (Fsp3) is 0.400. The molecule has 1 aromatic carbocycles. The number of aliphatic hydroxyl groups is 1. The van der Waals surface area contributed by atoms with Crippen LogP contribution in [0, 0.1) is 5.92 Å². The number of phenolic OH excluding ortho intramolecular Hbond substituents is 1. The fourth-order valence-electron chi connectivity index (χ4n) is 2.70. The summed E-state index contributed by atoms with van der Waals surface area (Å²) in [7, 11) is 0. The van der Waals surface area contributed by atoms with Crippen LogP contribution in [0.4, 0.5) is 0 Å². The molecule has 19 heavy (non-hydrogen) atoms. The summed E-state index contributed by atoms with van der Waals surface area (Å²) in [6.07, 6.45) is 4.55. The van der Waals surface area contributed by atoms with Crippen LogP contribution in [0.25, 0.3) is 0 Å². The van der Waals surface area contributed by atoms with Crippen molar-refractivity contribution < 1.29 is 10.2 Å². The molecule has 0 spiro atoms. The van der Waals surface area contributed by atoms with Gasteiger partial charge in [0.2, 0.25) is 0 Å². The standard InChI is InChI=1S/C15H18N2O2/c18-10-11-5-6-13-8-16-15(17(13)9-11)7-12-3-1-2-4-14(12)19/h1-4,8,11,18-19H,5-7,9-10H2. The Morgan fingerprint density at radius 2 is 2.16 bits per heavy atom. The van der Waals surface area contributed by atoms with Gasteiger partial charge in [-0.1, -0.05) is 18.2 Å². The Hall–Kier alpha value is -1.81. The Morgan fingerprint density at radius 3 is 2.95 bits per heavy atom. The Labute approximate surface area is 112 Å². The molecule has 4 heteroatoms. The number of phenols is 1. The van der Waals surface area contributed by atoms with Gasteiger partial charge in [-0.3, -0.25) is 0 Å². The van der Waals surface area contributed by atoms with Gasteiger partial charge in [0, 0.05) is 42.9 Å². The number of hydrogen-bond donors (Lipinski definition) is 2. The van der Waals surface area contributed by atoms with Crippen LogP contribution in [0.2, 0.25) is 0 Å². The van der Waals surface area contributed by atoms with E-state index >= 15 is 0 Å². The minimum Gasteiger partial charge on any atom is -0.508 e. The van der Waals surface area contributed by atoms with Crippen LogP contribution < -0.4 is 0 Å². The summed E-state index contributed by atoms with van der Waals surface area (Å²) >= 11 is 0. The maximum Gasteiger partial charge on any atom is 0.119 e. The van der Waals surface area contributed by atoms with Crippen molar-refractivity contribution in [3.05, 3.63) is 47.5 Å². The Kier molecular flexibility index (Phi) is 3.25. The van der Waals surface area contributed by atoms with E-state index < -0.39 is 0 Å². The second kappa shape index (κ2) is 5.05. The topological polar surface area (TPSA) is 58.3 Å². The van der Waals surface area contributed by atoms with Crippen molar-refractivity contribution in [3.8, 4) is 5.75 Å². The van der Waals surface area contributed by atoms with Crippen molar-refractivity contribution in [1.82, 2.24) is 9.55 Å². The van der Waals surface area contributed by atoms with Crippen LogP contribution in [-0.2, 0) is 19.4 Å². The number of nitrogens with zero attached hydrogens (tertiary/aromatic N) is 2. The van der Waals surface area contributed by atoms with Gasteiger partial charge in [0.1, 0.15) is 11.6 Å². The molecular formula is C15H18N2O2. The van der Waals surface area contributed by atoms with Crippen molar-refractivity contribution in [1.29, 1.82) is 0 Å². The molecule has 2 heterocycles. The van der Waals surface area contributed by atoms with Crippen molar-refractivity contribution in [2.24, 2.45) is 5.92 Å². The molecule has 100 valence electrons. The molecule has 0 saturated carbocycles. The Morgan fingerprint density at radius 1 is 1.32 bits per heavy atom. The monoisotopic (exact) mass is 258 g/mol. The fourth-order valence-corrected chi connectivity index (χ4v) is 2.70. The van der Waals surface area contributed by atoms with Crippen LogP contribution in [0.3, 0.4) is 0 Å². The molecule has 2 aromatic rings. The lowest BCUT2D eigenvalue weighted by Gasteiger charge is -2.24. The van der Waals surface area contributed by atoms with Gasteiger partial charge in [-0.15, -0.1) is 0 Å². The highest BCUT2D eigenvalue weighted by Crippen LogP contribution is 2.24. The van der Waals surface area contributed by atoms with Gasteiger partial charge < -0.3 is 14.8 Å². The molecule has 1 atom stereocenters. The lowest BCUT2D eigenvalue weighted by molar-refractivity contribution is 0.190. The van der Waals surface area contributed by atoms with E-state index in [1.807, 2.05) is 24.4 Å². The molecule has 1 aliphatic heterocycles. The number of aromatic nitrogens is 2. The number of benzene rings is 1. The van der Waals surface area contributed by atoms with E-state index in [1.54, 1.807) is 6.07 Å². The highest BCUT2D eigenvalue weighted by molar-refractivity contribution is 5.34. The first-order valence-electron chi connectivity index (χ1n) is 6.69. The summed E-state index contributed by atoms with van der Waals surface area (Å²) in [5, 5.41) is 19.1. The third-order valence-corrected chi connectivity index (χ3v) is 3.87. The van der Waals surface area contributed by atoms with Gasteiger partial charge >= 0.3 is 0 Å². The molecule has 3 rings (SSSR count). The molecular weight excluding hydrogens is 240 g/mol. The number of para-hydroxylation sites is 1. The van der Waals surface area contributed by atoms with Crippen molar-refractivity contribution in [2.75, 3.05) is 6.61 Å². The molecule has 0 bridgehead atoms. The SMILES string of the molecule is OCC1CCc2cnc(Cc3ccccc3O)n2C1. The van der Waals surface area contributed by atoms with Gasteiger partial charge in [-0.05, 0) is 18.9 Å². The van der Waals surface area contributed by atoms with Gasteiger partial charge in [-0.25, -0.2) is 4.98 Å².